The molecule has 25 heteroatoms. The van der Waals surface area contributed by atoms with Crippen LogP contribution in [0.5, 0.6) is 0 Å². The van der Waals surface area contributed by atoms with Crippen LogP contribution in [0.2, 0.25) is 0 Å². The lowest BCUT2D eigenvalue weighted by Crippen LogP contribution is -2.62. The first-order chi connectivity index (χ1) is 34.4. The van der Waals surface area contributed by atoms with Crippen molar-refractivity contribution in [3.8, 4) is 0 Å². The maximum atomic E-state index is 14.4. The molecule has 0 bridgehead atoms. The Morgan fingerprint density at radius 2 is 1.10 bits per heavy atom. The Bertz CT molecular complexity index is 1920. The number of carbonyl (C=O) groups is 11. The second-order valence-corrected chi connectivity index (χ2v) is 19.8. The van der Waals surface area contributed by atoms with Crippen molar-refractivity contribution in [2.45, 2.75) is 187 Å². The third-order valence-corrected chi connectivity index (χ3v) is 12.4. The van der Waals surface area contributed by atoms with Crippen LogP contribution in [0.4, 0.5) is 0 Å². The molecule has 13 N–H and O–H groups in total. The topological polar surface area (TPSA) is 377 Å². The van der Waals surface area contributed by atoms with E-state index in [-0.39, 0.29) is 69.4 Å². The van der Waals surface area contributed by atoms with Gasteiger partial charge < -0.3 is 73.4 Å². The van der Waals surface area contributed by atoms with E-state index in [0.29, 0.717) is 38.6 Å². The zero-order valence-corrected chi connectivity index (χ0v) is 43.8. The molecule has 2 aliphatic heterocycles. The van der Waals surface area contributed by atoms with Gasteiger partial charge in [-0.2, -0.15) is 0 Å². The standard InChI is InChI=1S/C48H83N11O14/c1-9-14-37(64)52-31(15-10-11-18-49)42(67)56-40(29(7)62)46(71)54-32(21-26(2)3)43(68)55-33(22-27(4)5)47(72)58-19-13-17-36(58)45(70)57-41(30(8)63)48(73)59-20-12-16-35(59)44(69)51-23-38(65)50-24-39(66)53-34(25-60)28(6)61/h26-27,29-36,40-41,60,62-63H,9-25,49H2,1-8H3,(H,50,65)(H,51,69)(H,52,64)(H,53,66)(H,54,71)(H,55,68)(H,56,67)(H,57,70). The van der Waals surface area contributed by atoms with Crippen LogP contribution < -0.4 is 48.3 Å². The minimum absolute atomic E-state index is 0.0800. The smallest absolute Gasteiger partial charge is 0.248 e. The lowest BCUT2D eigenvalue weighted by Gasteiger charge is -2.33. The van der Waals surface area contributed by atoms with Gasteiger partial charge in [0, 0.05) is 19.5 Å². The molecule has 25 nitrogen and oxygen atoms in total. The van der Waals surface area contributed by atoms with E-state index < -0.39 is 139 Å². The monoisotopic (exact) mass is 1040 g/mol. The van der Waals surface area contributed by atoms with Gasteiger partial charge in [-0.1, -0.05) is 34.6 Å². The van der Waals surface area contributed by atoms with Gasteiger partial charge in [0.25, 0.3) is 0 Å². The minimum atomic E-state index is -1.55. The van der Waals surface area contributed by atoms with Gasteiger partial charge in [0.15, 0.2) is 5.78 Å². The molecule has 0 spiro atoms. The normalized spacial score (nSPS) is 18.8. The number of ketones is 1. The molecule has 73 heavy (non-hydrogen) atoms. The molecule has 2 fully saturated rings. The highest BCUT2D eigenvalue weighted by molar-refractivity contribution is 5.99. The third-order valence-electron chi connectivity index (χ3n) is 12.4. The van der Waals surface area contributed by atoms with Crippen molar-refractivity contribution in [1.82, 2.24) is 52.3 Å². The number of likely N-dealkylation sites (tertiary alicyclic amines) is 2. The number of unbranched alkanes of at least 4 members (excludes halogenated alkanes) is 1. The molecule has 0 aromatic carbocycles. The van der Waals surface area contributed by atoms with Gasteiger partial charge >= 0.3 is 0 Å². The number of nitrogens with one attached hydrogen (secondary N) is 8. The number of nitrogens with zero attached hydrogens (tertiary/aromatic N) is 2. The van der Waals surface area contributed by atoms with Crippen LogP contribution in [0.25, 0.3) is 0 Å². The highest BCUT2D eigenvalue weighted by Crippen LogP contribution is 2.23. The summed E-state index contributed by atoms with van der Waals surface area (Å²) in [5.74, 6) is -7.89. The number of carbonyl (C=O) groups excluding carboxylic acids is 11. The lowest BCUT2D eigenvalue weighted by atomic mass is 9.99. The van der Waals surface area contributed by atoms with Crippen LogP contribution in [-0.4, -0.2) is 190 Å². The number of aliphatic hydroxyl groups is 3. The molecular weight excluding hydrogens is 955 g/mol. The van der Waals surface area contributed by atoms with Gasteiger partial charge in [0.2, 0.25) is 59.1 Å². The number of Topliss-reactive ketones (excluding diaryl/α,β-unsaturated/α-hetero) is 1. The summed E-state index contributed by atoms with van der Waals surface area (Å²) in [7, 11) is 0. The predicted molar refractivity (Wildman–Crippen MR) is 265 cm³/mol. The molecule has 0 aliphatic carbocycles. The Morgan fingerprint density at radius 1 is 0.575 bits per heavy atom. The molecule has 10 unspecified atom stereocenters. The van der Waals surface area contributed by atoms with E-state index in [1.807, 2.05) is 34.6 Å². The van der Waals surface area contributed by atoms with E-state index in [0.717, 1.165) is 0 Å². The summed E-state index contributed by atoms with van der Waals surface area (Å²) in [6, 6.07) is -9.90. The summed E-state index contributed by atoms with van der Waals surface area (Å²) >= 11 is 0. The van der Waals surface area contributed by atoms with Crippen LogP contribution in [0.3, 0.4) is 0 Å². The van der Waals surface area contributed by atoms with Crippen LogP contribution in [0, 0.1) is 11.8 Å². The summed E-state index contributed by atoms with van der Waals surface area (Å²) in [4.78, 5) is 148. The molecule has 2 aliphatic rings. The van der Waals surface area contributed by atoms with Crippen molar-refractivity contribution in [1.29, 1.82) is 0 Å². The largest absolute Gasteiger partial charge is 0.394 e. The zero-order valence-electron chi connectivity index (χ0n) is 43.8. The fourth-order valence-electron chi connectivity index (χ4n) is 8.51. The lowest BCUT2D eigenvalue weighted by molar-refractivity contribution is -0.146. The molecule has 10 atom stereocenters. The number of aliphatic hydroxyl groups excluding tert-OH is 3. The molecule has 0 aromatic heterocycles. The summed E-state index contributed by atoms with van der Waals surface area (Å²) in [5, 5.41) is 50.9. The Morgan fingerprint density at radius 3 is 1.63 bits per heavy atom. The Labute approximate surface area is 427 Å². The Hall–Kier alpha value is -5.79. The van der Waals surface area contributed by atoms with Gasteiger partial charge in [-0.05, 0) is 103 Å². The maximum Gasteiger partial charge on any atom is 0.248 e. The van der Waals surface area contributed by atoms with E-state index in [1.165, 1.54) is 30.6 Å². The number of amides is 10. The van der Waals surface area contributed by atoms with Gasteiger partial charge in [-0.15, -0.1) is 0 Å². The second-order valence-electron chi connectivity index (χ2n) is 19.8. The van der Waals surface area contributed by atoms with Crippen LogP contribution in [0.15, 0.2) is 0 Å². The molecule has 10 amide bonds. The average molecular weight is 1040 g/mol. The Kier molecular flexibility index (Phi) is 27.5. The van der Waals surface area contributed by atoms with Crippen molar-refractivity contribution in [2.75, 3.05) is 39.3 Å². The predicted octanol–water partition coefficient (Wildman–Crippen LogP) is -3.53. The number of hydrogen-bond acceptors (Lipinski definition) is 15. The van der Waals surface area contributed by atoms with Gasteiger partial charge in [-0.25, -0.2) is 0 Å². The van der Waals surface area contributed by atoms with Crippen LogP contribution in [0.1, 0.15) is 126 Å². The second kappa shape index (κ2) is 31.7. The maximum absolute atomic E-state index is 14.4. The average Bonchev–Trinajstić information content (AvgIpc) is 4.02. The van der Waals surface area contributed by atoms with Crippen molar-refractivity contribution in [3.63, 3.8) is 0 Å². The van der Waals surface area contributed by atoms with E-state index in [4.69, 9.17) is 5.73 Å². The first-order valence-corrected chi connectivity index (χ1v) is 25.5. The molecule has 2 heterocycles. The molecule has 0 radical (unpaired) electrons. The number of hydrogen-bond donors (Lipinski definition) is 12. The first-order valence-electron chi connectivity index (χ1n) is 25.5. The molecule has 2 saturated heterocycles. The van der Waals surface area contributed by atoms with E-state index >= 15 is 0 Å². The minimum Gasteiger partial charge on any atom is -0.394 e. The van der Waals surface area contributed by atoms with Crippen molar-refractivity contribution in [2.24, 2.45) is 17.6 Å². The Balaban J connectivity index is 2.21. The molecule has 0 aromatic rings. The van der Waals surface area contributed by atoms with E-state index in [2.05, 4.69) is 42.5 Å². The SMILES string of the molecule is CCCC(=O)NC(CCCCN)C(=O)NC(C(=O)NC(CC(C)C)C(=O)NC(CC(C)C)C(=O)N1CCCC1C(=O)NC(C(=O)N1CCCC1C(=O)NCC(=O)NCC(=O)NC(CO)C(C)=O)C(C)O)C(C)O. The van der Waals surface area contributed by atoms with Crippen LogP contribution >= 0.6 is 0 Å². The fraction of sp³-hybridized carbons (Fsp3) is 0.771. The van der Waals surface area contributed by atoms with E-state index in [1.54, 1.807) is 0 Å². The van der Waals surface area contributed by atoms with Crippen molar-refractivity contribution in [3.05, 3.63) is 0 Å². The summed E-state index contributed by atoms with van der Waals surface area (Å²) in [6.45, 7) is 11.6. The van der Waals surface area contributed by atoms with Gasteiger partial charge in [-0.3, -0.25) is 52.7 Å². The highest BCUT2D eigenvalue weighted by Gasteiger charge is 2.43. The highest BCUT2D eigenvalue weighted by atomic mass is 16.3. The van der Waals surface area contributed by atoms with E-state index in [9.17, 15) is 68.1 Å². The molecular formula is C48H83N11O14. The third kappa shape index (κ3) is 20.9. The number of rotatable bonds is 31. The van der Waals surface area contributed by atoms with Gasteiger partial charge in [0.1, 0.15) is 48.3 Å². The first kappa shape index (κ1) is 63.3. The molecule has 414 valence electrons. The fourth-order valence-corrected chi connectivity index (χ4v) is 8.51. The van der Waals surface area contributed by atoms with Crippen molar-refractivity contribution >= 4 is 64.9 Å². The van der Waals surface area contributed by atoms with Crippen molar-refractivity contribution < 1.29 is 68.1 Å². The molecule has 0 saturated carbocycles. The zero-order chi connectivity index (χ0) is 55.1. The quantitative estimate of drug-likeness (QED) is 0.0300. The summed E-state index contributed by atoms with van der Waals surface area (Å²) in [5.41, 5.74) is 5.63. The molecule has 2 rings (SSSR count). The van der Waals surface area contributed by atoms with Crippen LogP contribution in [-0.2, 0) is 52.7 Å². The summed E-state index contributed by atoms with van der Waals surface area (Å²) in [6.07, 6.45) is 0.462. The summed E-state index contributed by atoms with van der Waals surface area (Å²) < 4.78 is 0. The van der Waals surface area contributed by atoms with Gasteiger partial charge in [0.05, 0.1) is 31.9 Å². The number of nitrogens with two attached hydrogens (primary N) is 1.